The lowest BCUT2D eigenvalue weighted by atomic mass is 10.5. The van der Waals surface area contributed by atoms with Gasteiger partial charge >= 0.3 is 5.69 Å². The fourth-order valence-corrected chi connectivity index (χ4v) is 2.20. The fraction of sp³-hybridized carbons (Fsp3) is 0.500. The second-order valence-electron chi connectivity index (χ2n) is 3.63. The van der Waals surface area contributed by atoms with Gasteiger partial charge in [0.2, 0.25) is 0 Å². The predicted molar refractivity (Wildman–Crippen MR) is 71.1 cm³/mol. The third kappa shape index (κ3) is 3.23. The molecule has 8 heteroatoms. The minimum Gasteiger partial charge on any atom is -0.396 e. The van der Waals surface area contributed by atoms with Gasteiger partial charge in [0, 0.05) is 18.9 Å². The highest BCUT2D eigenvalue weighted by molar-refractivity contribution is 7.99. The summed E-state index contributed by atoms with van der Waals surface area (Å²) in [4.78, 5) is 11.3. The lowest BCUT2D eigenvalue weighted by Gasteiger charge is -2.04. The number of hydrogen-bond acceptors (Lipinski definition) is 6. The molecular weight excluding hydrogens is 254 g/mol. The van der Waals surface area contributed by atoms with Crippen molar-refractivity contribution < 1.29 is 5.11 Å². The highest BCUT2D eigenvalue weighted by Crippen LogP contribution is 2.05. The molecule has 0 radical (unpaired) electrons. The number of aromatic amines is 1. The highest BCUT2D eigenvalue weighted by Gasteiger charge is 2.01. The molecule has 2 rings (SSSR count). The van der Waals surface area contributed by atoms with Crippen molar-refractivity contribution in [3.05, 3.63) is 22.6 Å². The number of fused-ring (bicyclic) bond motifs is 1. The molecule has 0 bridgehead atoms. The molecule has 0 saturated carbocycles. The van der Waals surface area contributed by atoms with E-state index in [0.717, 1.165) is 24.5 Å². The molecule has 3 N–H and O–H groups in total. The number of anilines is 1. The summed E-state index contributed by atoms with van der Waals surface area (Å²) in [6.45, 7) is 1.00. The van der Waals surface area contributed by atoms with E-state index in [2.05, 4.69) is 20.6 Å². The number of nitrogens with one attached hydrogen (secondary N) is 2. The Hall–Kier alpha value is -1.54. The van der Waals surface area contributed by atoms with Crippen molar-refractivity contribution in [1.82, 2.24) is 19.8 Å². The topological polar surface area (TPSA) is 95.3 Å². The molecule has 0 aliphatic carbocycles. The van der Waals surface area contributed by atoms with E-state index >= 15 is 0 Å². The zero-order valence-electron chi connectivity index (χ0n) is 9.80. The van der Waals surface area contributed by atoms with Crippen LogP contribution in [0.4, 0.5) is 5.82 Å². The van der Waals surface area contributed by atoms with Crippen molar-refractivity contribution in [3.63, 3.8) is 0 Å². The van der Waals surface area contributed by atoms with Gasteiger partial charge in [0.25, 0.3) is 0 Å². The van der Waals surface area contributed by atoms with Crippen molar-refractivity contribution >= 4 is 23.2 Å². The Kier molecular flexibility index (Phi) is 4.59. The van der Waals surface area contributed by atoms with Gasteiger partial charge in [-0.05, 0) is 24.3 Å². The van der Waals surface area contributed by atoms with E-state index in [0.29, 0.717) is 11.5 Å². The van der Waals surface area contributed by atoms with Crippen LogP contribution in [0.2, 0.25) is 0 Å². The van der Waals surface area contributed by atoms with E-state index in [1.54, 1.807) is 23.9 Å². The molecule has 2 aromatic rings. The van der Waals surface area contributed by atoms with Crippen molar-refractivity contribution in [1.29, 1.82) is 0 Å². The molecule has 98 valence electrons. The van der Waals surface area contributed by atoms with E-state index in [1.807, 2.05) is 0 Å². The summed E-state index contributed by atoms with van der Waals surface area (Å²) < 4.78 is 1.22. The van der Waals surface area contributed by atoms with E-state index in [9.17, 15) is 4.79 Å². The molecule has 0 spiro atoms. The van der Waals surface area contributed by atoms with Crippen LogP contribution in [-0.2, 0) is 0 Å². The Labute approximate surface area is 108 Å². The molecule has 7 nitrogen and oxygen atoms in total. The lowest BCUT2D eigenvalue weighted by molar-refractivity contribution is 0.296. The Morgan fingerprint density at radius 1 is 1.44 bits per heavy atom. The monoisotopic (exact) mass is 269 g/mol. The van der Waals surface area contributed by atoms with Crippen LogP contribution in [0.5, 0.6) is 0 Å². The van der Waals surface area contributed by atoms with Gasteiger partial charge in [0.05, 0.1) is 0 Å². The van der Waals surface area contributed by atoms with E-state index in [1.165, 1.54) is 4.52 Å². The lowest BCUT2D eigenvalue weighted by Crippen LogP contribution is -2.14. The van der Waals surface area contributed by atoms with Crippen LogP contribution in [0.1, 0.15) is 6.42 Å². The number of aliphatic hydroxyl groups excluding tert-OH is 1. The number of aromatic nitrogens is 4. The zero-order chi connectivity index (χ0) is 12.8. The third-order valence-electron chi connectivity index (χ3n) is 2.27. The quantitative estimate of drug-likeness (QED) is 0.610. The number of thioether (sulfide) groups is 1. The predicted octanol–water partition coefficient (Wildman–Crippen LogP) is -0.0549. The largest absolute Gasteiger partial charge is 0.396 e. The first kappa shape index (κ1) is 12.9. The van der Waals surface area contributed by atoms with Gasteiger partial charge in [-0.15, -0.1) is 5.10 Å². The Balaban J connectivity index is 1.84. The van der Waals surface area contributed by atoms with Crippen LogP contribution in [0, 0.1) is 0 Å². The molecule has 2 aromatic heterocycles. The maximum absolute atomic E-state index is 11.3. The summed E-state index contributed by atoms with van der Waals surface area (Å²) in [5, 5.41) is 22.0. The van der Waals surface area contributed by atoms with Gasteiger partial charge in [0.15, 0.2) is 5.65 Å². The maximum Gasteiger partial charge on any atom is 0.364 e. The summed E-state index contributed by atoms with van der Waals surface area (Å²) in [6, 6.07) is 3.51. The van der Waals surface area contributed by atoms with Crippen LogP contribution in [0.15, 0.2) is 16.9 Å². The van der Waals surface area contributed by atoms with Crippen LogP contribution < -0.4 is 11.0 Å². The first-order valence-corrected chi connectivity index (χ1v) is 6.83. The molecule has 0 atom stereocenters. The summed E-state index contributed by atoms with van der Waals surface area (Å²) in [5.74, 6) is 2.53. The van der Waals surface area contributed by atoms with Gasteiger partial charge in [0.1, 0.15) is 5.82 Å². The van der Waals surface area contributed by atoms with Gasteiger partial charge in [-0.3, -0.25) is 0 Å². The number of aliphatic hydroxyl groups is 1. The SMILES string of the molecule is O=c1[nH]nc2ccc(NCCSCCCO)nn12. The van der Waals surface area contributed by atoms with Crippen LogP contribution in [-0.4, -0.2) is 49.6 Å². The van der Waals surface area contributed by atoms with Crippen molar-refractivity contribution in [3.8, 4) is 0 Å². The molecular formula is C10H15N5O2S. The zero-order valence-corrected chi connectivity index (χ0v) is 10.6. The van der Waals surface area contributed by atoms with Crippen molar-refractivity contribution in [2.24, 2.45) is 0 Å². The van der Waals surface area contributed by atoms with Gasteiger partial charge in [-0.25, -0.2) is 9.89 Å². The number of hydrogen-bond donors (Lipinski definition) is 3. The first-order valence-electron chi connectivity index (χ1n) is 5.68. The molecule has 2 heterocycles. The smallest absolute Gasteiger partial charge is 0.364 e. The second kappa shape index (κ2) is 6.41. The average molecular weight is 269 g/mol. The maximum atomic E-state index is 11.3. The highest BCUT2D eigenvalue weighted by atomic mass is 32.2. The van der Waals surface area contributed by atoms with Crippen molar-refractivity contribution in [2.75, 3.05) is 30.0 Å². The minimum atomic E-state index is -0.342. The molecule has 0 aromatic carbocycles. The second-order valence-corrected chi connectivity index (χ2v) is 4.86. The molecule has 0 fully saturated rings. The van der Waals surface area contributed by atoms with E-state index < -0.39 is 0 Å². The molecule has 0 saturated heterocycles. The van der Waals surface area contributed by atoms with Gasteiger partial charge < -0.3 is 10.4 Å². The Morgan fingerprint density at radius 2 is 2.33 bits per heavy atom. The molecule has 0 amide bonds. The van der Waals surface area contributed by atoms with Crippen molar-refractivity contribution in [2.45, 2.75) is 6.42 Å². The standard InChI is InChI=1S/C10H15N5O2S/c16-5-1-6-18-7-4-11-8-2-3-9-12-13-10(17)15(9)14-8/h2-3,16H,1,4-7H2,(H,11,14)(H,13,17). The molecule has 0 unspecified atom stereocenters. The molecule has 0 aliphatic rings. The van der Waals surface area contributed by atoms with Crippen LogP contribution >= 0.6 is 11.8 Å². The first-order chi connectivity index (χ1) is 8.81. The molecule has 18 heavy (non-hydrogen) atoms. The fourth-order valence-electron chi connectivity index (χ4n) is 1.42. The summed E-state index contributed by atoms with van der Waals surface area (Å²) >= 11 is 1.77. The summed E-state index contributed by atoms with van der Waals surface area (Å²) in [6.07, 6.45) is 0.819. The van der Waals surface area contributed by atoms with Crippen LogP contribution in [0.25, 0.3) is 5.65 Å². The Morgan fingerprint density at radius 3 is 3.17 bits per heavy atom. The Bertz CT molecular complexity index is 552. The number of rotatable bonds is 7. The molecule has 0 aliphatic heterocycles. The van der Waals surface area contributed by atoms with Gasteiger partial charge in [-0.2, -0.15) is 21.4 Å². The normalized spacial score (nSPS) is 10.9. The minimum absolute atomic E-state index is 0.238. The third-order valence-corrected chi connectivity index (χ3v) is 3.34. The number of nitrogens with zero attached hydrogens (tertiary/aromatic N) is 3. The van der Waals surface area contributed by atoms with Crippen LogP contribution in [0.3, 0.4) is 0 Å². The summed E-state index contributed by atoms with van der Waals surface area (Å²) in [7, 11) is 0. The van der Waals surface area contributed by atoms with Gasteiger partial charge in [-0.1, -0.05) is 0 Å². The average Bonchev–Trinajstić information content (AvgIpc) is 2.75. The summed E-state index contributed by atoms with van der Waals surface area (Å²) in [5.41, 5.74) is 0.161. The van der Waals surface area contributed by atoms with E-state index in [-0.39, 0.29) is 12.3 Å². The number of H-pyrrole nitrogens is 1. The van der Waals surface area contributed by atoms with E-state index in [4.69, 9.17) is 5.11 Å².